The van der Waals surface area contributed by atoms with Crippen molar-refractivity contribution in [1.82, 2.24) is 4.90 Å². The summed E-state index contributed by atoms with van der Waals surface area (Å²) in [7, 11) is 0. The molecule has 148 valence electrons. The predicted molar refractivity (Wildman–Crippen MR) is 104 cm³/mol. The SMILES string of the molecule is O=C(Nc1ccc(C(O)CCN2CCOCC2)cc1)c1ccc2c(c1)OCO2. The van der Waals surface area contributed by atoms with Crippen molar-refractivity contribution in [2.45, 2.75) is 12.5 Å². The minimum Gasteiger partial charge on any atom is -0.454 e. The van der Waals surface area contributed by atoms with Crippen LogP contribution in [-0.2, 0) is 4.74 Å². The lowest BCUT2D eigenvalue weighted by Gasteiger charge is -2.27. The molecule has 0 aliphatic carbocycles. The van der Waals surface area contributed by atoms with Gasteiger partial charge in [0.15, 0.2) is 11.5 Å². The first-order chi connectivity index (χ1) is 13.7. The first-order valence-corrected chi connectivity index (χ1v) is 9.48. The zero-order chi connectivity index (χ0) is 19.3. The van der Waals surface area contributed by atoms with E-state index in [1.54, 1.807) is 30.3 Å². The Kier molecular flexibility index (Phi) is 5.76. The summed E-state index contributed by atoms with van der Waals surface area (Å²) in [5.41, 5.74) is 2.01. The molecule has 7 heteroatoms. The van der Waals surface area contributed by atoms with E-state index in [-0.39, 0.29) is 12.7 Å². The minimum atomic E-state index is -0.526. The van der Waals surface area contributed by atoms with Crippen LogP contribution in [0, 0.1) is 0 Å². The molecule has 0 radical (unpaired) electrons. The molecule has 2 N–H and O–H groups in total. The lowest BCUT2D eigenvalue weighted by atomic mass is 10.1. The van der Waals surface area contributed by atoms with Crippen molar-refractivity contribution in [3.05, 3.63) is 53.6 Å². The van der Waals surface area contributed by atoms with Crippen molar-refractivity contribution in [2.24, 2.45) is 0 Å². The monoisotopic (exact) mass is 384 g/mol. The van der Waals surface area contributed by atoms with Gasteiger partial charge >= 0.3 is 0 Å². The van der Waals surface area contributed by atoms with E-state index in [1.165, 1.54) is 0 Å². The number of morpholine rings is 1. The fourth-order valence-electron chi connectivity index (χ4n) is 3.33. The molecule has 2 aliphatic heterocycles. The van der Waals surface area contributed by atoms with Crippen LogP contribution in [0.25, 0.3) is 0 Å². The molecule has 0 saturated carbocycles. The number of benzene rings is 2. The lowest BCUT2D eigenvalue weighted by Crippen LogP contribution is -2.37. The molecule has 4 rings (SSSR count). The molecule has 2 aromatic rings. The quantitative estimate of drug-likeness (QED) is 0.796. The topological polar surface area (TPSA) is 80.3 Å². The van der Waals surface area contributed by atoms with E-state index in [0.29, 0.717) is 29.2 Å². The summed E-state index contributed by atoms with van der Waals surface area (Å²) < 4.78 is 15.9. The van der Waals surface area contributed by atoms with Crippen molar-refractivity contribution in [3.63, 3.8) is 0 Å². The maximum Gasteiger partial charge on any atom is 0.255 e. The third-order valence-corrected chi connectivity index (χ3v) is 5.01. The number of hydrogen-bond acceptors (Lipinski definition) is 6. The van der Waals surface area contributed by atoms with E-state index < -0.39 is 6.10 Å². The second-order valence-electron chi connectivity index (χ2n) is 6.90. The average molecular weight is 384 g/mol. The highest BCUT2D eigenvalue weighted by Gasteiger charge is 2.17. The van der Waals surface area contributed by atoms with Crippen LogP contribution in [-0.4, -0.2) is 55.6 Å². The highest BCUT2D eigenvalue weighted by Crippen LogP contribution is 2.32. The lowest BCUT2D eigenvalue weighted by molar-refractivity contribution is 0.0300. The van der Waals surface area contributed by atoms with Crippen molar-refractivity contribution in [3.8, 4) is 11.5 Å². The second-order valence-corrected chi connectivity index (χ2v) is 6.90. The van der Waals surface area contributed by atoms with Gasteiger partial charge in [0.25, 0.3) is 5.91 Å². The molecule has 1 unspecified atom stereocenters. The van der Waals surface area contributed by atoms with Crippen LogP contribution in [0.4, 0.5) is 5.69 Å². The highest BCUT2D eigenvalue weighted by atomic mass is 16.7. The molecule has 7 nitrogen and oxygen atoms in total. The molecule has 1 fully saturated rings. The smallest absolute Gasteiger partial charge is 0.255 e. The fraction of sp³-hybridized carbons (Fsp3) is 0.381. The Hall–Kier alpha value is -2.61. The standard InChI is InChI=1S/C21H24N2O5/c24-18(7-8-23-9-11-26-12-10-23)15-1-4-17(5-2-15)22-21(25)16-3-6-19-20(13-16)28-14-27-19/h1-6,13,18,24H,7-12,14H2,(H,22,25). The first kappa shape index (κ1) is 18.7. The molecular weight excluding hydrogens is 360 g/mol. The molecule has 0 aromatic heterocycles. The number of nitrogens with one attached hydrogen (secondary N) is 1. The van der Waals surface area contributed by atoms with Gasteiger partial charge in [-0.05, 0) is 42.3 Å². The third kappa shape index (κ3) is 4.44. The van der Waals surface area contributed by atoms with E-state index >= 15 is 0 Å². The number of nitrogens with zero attached hydrogens (tertiary/aromatic N) is 1. The van der Waals surface area contributed by atoms with E-state index in [0.717, 1.165) is 38.4 Å². The maximum absolute atomic E-state index is 12.4. The van der Waals surface area contributed by atoms with E-state index in [9.17, 15) is 9.90 Å². The number of aliphatic hydroxyl groups excluding tert-OH is 1. The molecule has 0 spiro atoms. The van der Waals surface area contributed by atoms with Gasteiger partial charge in [0.2, 0.25) is 6.79 Å². The van der Waals surface area contributed by atoms with Crippen LogP contribution in [0.2, 0.25) is 0 Å². The second kappa shape index (κ2) is 8.60. The van der Waals surface area contributed by atoms with Gasteiger partial charge in [0.05, 0.1) is 19.3 Å². The summed E-state index contributed by atoms with van der Waals surface area (Å²) in [6.07, 6.45) is 0.143. The number of rotatable bonds is 6. The summed E-state index contributed by atoms with van der Waals surface area (Å²) >= 11 is 0. The molecule has 2 aromatic carbocycles. The molecule has 2 aliphatic rings. The van der Waals surface area contributed by atoms with Gasteiger partial charge in [-0.2, -0.15) is 0 Å². The van der Waals surface area contributed by atoms with Crippen LogP contribution in [0.3, 0.4) is 0 Å². The summed E-state index contributed by atoms with van der Waals surface area (Å²) in [5, 5.41) is 13.3. The Morgan fingerprint density at radius 1 is 1.07 bits per heavy atom. The van der Waals surface area contributed by atoms with E-state index in [1.807, 2.05) is 12.1 Å². The zero-order valence-electron chi connectivity index (χ0n) is 15.6. The largest absolute Gasteiger partial charge is 0.454 e. The number of fused-ring (bicyclic) bond motifs is 1. The van der Waals surface area contributed by atoms with E-state index in [4.69, 9.17) is 14.2 Å². The van der Waals surface area contributed by atoms with Crippen LogP contribution in [0.15, 0.2) is 42.5 Å². The number of hydrogen-bond donors (Lipinski definition) is 2. The Bertz CT molecular complexity index is 818. The van der Waals surface area contributed by atoms with Gasteiger partial charge in [-0.1, -0.05) is 12.1 Å². The van der Waals surface area contributed by atoms with Gasteiger partial charge in [0.1, 0.15) is 0 Å². The third-order valence-electron chi connectivity index (χ3n) is 5.01. The van der Waals surface area contributed by atoms with Gasteiger partial charge < -0.3 is 24.6 Å². The number of ether oxygens (including phenoxy) is 3. The number of amides is 1. The van der Waals surface area contributed by atoms with Crippen LogP contribution in [0.1, 0.15) is 28.4 Å². The Morgan fingerprint density at radius 2 is 1.82 bits per heavy atom. The number of anilines is 1. The minimum absolute atomic E-state index is 0.176. The molecule has 0 bridgehead atoms. The van der Waals surface area contributed by atoms with Gasteiger partial charge in [-0.15, -0.1) is 0 Å². The molecule has 1 saturated heterocycles. The van der Waals surface area contributed by atoms with Gasteiger partial charge in [-0.3, -0.25) is 9.69 Å². The van der Waals surface area contributed by atoms with Crippen molar-refractivity contribution < 1.29 is 24.1 Å². The summed E-state index contributed by atoms with van der Waals surface area (Å²) in [4.78, 5) is 14.7. The van der Waals surface area contributed by atoms with Gasteiger partial charge in [-0.25, -0.2) is 0 Å². The highest BCUT2D eigenvalue weighted by molar-refractivity contribution is 6.04. The van der Waals surface area contributed by atoms with Crippen molar-refractivity contribution >= 4 is 11.6 Å². The number of carbonyl (C=O) groups excluding carboxylic acids is 1. The molecular formula is C21H24N2O5. The van der Waals surface area contributed by atoms with Crippen molar-refractivity contribution in [2.75, 3.05) is 45.0 Å². The molecule has 1 atom stereocenters. The van der Waals surface area contributed by atoms with Gasteiger partial charge in [0, 0.05) is 30.9 Å². The summed E-state index contributed by atoms with van der Waals surface area (Å²) in [6.45, 7) is 4.36. The molecule has 28 heavy (non-hydrogen) atoms. The van der Waals surface area contributed by atoms with Crippen LogP contribution >= 0.6 is 0 Å². The van der Waals surface area contributed by atoms with Crippen LogP contribution < -0.4 is 14.8 Å². The van der Waals surface area contributed by atoms with Crippen LogP contribution in [0.5, 0.6) is 11.5 Å². The summed E-state index contributed by atoms with van der Waals surface area (Å²) in [5.74, 6) is 0.997. The molecule has 1 amide bonds. The van der Waals surface area contributed by atoms with Crippen molar-refractivity contribution in [1.29, 1.82) is 0 Å². The summed E-state index contributed by atoms with van der Waals surface area (Å²) in [6, 6.07) is 12.4. The predicted octanol–water partition coefficient (Wildman–Crippen LogP) is 2.42. The van der Waals surface area contributed by atoms with E-state index in [2.05, 4.69) is 10.2 Å². The molecule has 2 heterocycles. The Labute approximate surface area is 163 Å². The fourth-order valence-corrected chi connectivity index (χ4v) is 3.33. The number of carbonyl (C=O) groups is 1. The number of aliphatic hydroxyl groups is 1. The first-order valence-electron chi connectivity index (χ1n) is 9.48. The normalized spacial score (nSPS) is 17.3. The Morgan fingerprint density at radius 3 is 2.61 bits per heavy atom. The maximum atomic E-state index is 12.4. The Balaban J connectivity index is 1.31. The average Bonchev–Trinajstić information content (AvgIpc) is 3.21. The zero-order valence-corrected chi connectivity index (χ0v) is 15.6.